The molecule has 14 heavy (non-hydrogen) atoms. The van der Waals surface area contributed by atoms with E-state index in [9.17, 15) is 0 Å². The Morgan fingerprint density at radius 2 is 2.07 bits per heavy atom. The fourth-order valence-electron chi connectivity index (χ4n) is 0.988. The predicted molar refractivity (Wildman–Crippen MR) is 61.2 cm³/mol. The summed E-state index contributed by atoms with van der Waals surface area (Å²) in [4.78, 5) is 3.95. The lowest BCUT2D eigenvalue weighted by atomic mass is 9.88. The number of nitrogen functional groups attached to an aromatic ring is 1. The van der Waals surface area contributed by atoms with Crippen LogP contribution < -0.4 is 11.1 Å². The summed E-state index contributed by atoms with van der Waals surface area (Å²) in [5.74, 6) is 0. The van der Waals surface area contributed by atoms with Crippen LogP contribution in [0.3, 0.4) is 0 Å². The molecule has 78 valence electrons. The van der Waals surface area contributed by atoms with E-state index >= 15 is 0 Å². The van der Waals surface area contributed by atoms with E-state index in [1.165, 1.54) is 0 Å². The van der Waals surface area contributed by atoms with Crippen molar-refractivity contribution in [3.63, 3.8) is 0 Å². The molecule has 0 amide bonds. The first-order chi connectivity index (χ1) is 6.41. The Morgan fingerprint density at radius 1 is 1.43 bits per heavy atom. The van der Waals surface area contributed by atoms with Crippen molar-refractivity contribution in [2.24, 2.45) is 5.41 Å². The van der Waals surface area contributed by atoms with Gasteiger partial charge in [-0.25, -0.2) is 0 Å². The monoisotopic (exact) mass is 193 g/mol. The van der Waals surface area contributed by atoms with E-state index in [0.717, 1.165) is 5.69 Å². The van der Waals surface area contributed by atoms with Crippen LogP contribution in [0.15, 0.2) is 18.5 Å². The average molecular weight is 193 g/mol. The molecule has 0 saturated carbocycles. The van der Waals surface area contributed by atoms with E-state index in [1.807, 2.05) is 6.07 Å². The molecular formula is C11H19N3. The molecule has 0 aliphatic heterocycles. The fourth-order valence-corrected chi connectivity index (χ4v) is 0.988. The van der Waals surface area contributed by atoms with Gasteiger partial charge in [0.15, 0.2) is 0 Å². The largest absolute Gasteiger partial charge is 0.396 e. The molecule has 3 nitrogen and oxygen atoms in total. The minimum atomic E-state index is 0.218. The number of aromatic nitrogens is 1. The van der Waals surface area contributed by atoms with Gasteiger partial charge in [0.25, 0.3) is 0 Å². The summed E-state index contributed by atoms with van der Waals surface area (Å²) in [5.41, 5.74) is 7.66. The Bertz CT molecular complexity index is 302. The average Bonchev–Trinajstić information content (AvgIpc) is 2.07. The van der Waals surface area contributed by atoms with Crippen LogP contribution in [-0.2, 0) is 0 Å². The number of hydrogen-bond donors (Lipinski definition) is 2. The van der Waals surface area contributed by atoms with Crippen LogP contribution in [0.2, 0.25) is 0 Å². The second-order valence-corrected chi connectivity index (χ2v) is 4.69. The molecule has 1 atom stereocenters. The fraction of sp³-hybridized carbons (Fsp3) is 0.545. The zero-order valence-corrected chi connectivity index (χ0v) is 9.33. The molecule has 0 bridgehead atoms. The number of hydrogen-bond acceptors (Lipinski definition) is 3. The molecule has 1 rings (SSSR count). The number of pyridine rings is 1. The molecule has 0 aliphatic rings. The molecule has 0 fully saturated rings. The van der Waals surface area contributed by atoms with Crippen molar-refractivity contribution in [3.8, 4) is 0 Å². The molecule has 0 radical (unpaired) electrons. The third-order valence-electron chi connectivity index (χ3n) is 2.52. The van der Waals surface area contributed by atoms with E-state index in [4.69, 9.17) is 5.73 Å². The highest BCUT2D eigenvalue weighted by Gasteiger charge is 2.19. The van der Waals surface area contributed by atoms with Gasteiger partial charge in [-0.3, -0.25) is 4.98 Å². The lowest BCUT2D eigenvalue weighted by Gasteiger charge is -2.29. The first-order valence-corrected chi connectivity index (χ1v) is 4.87. The number of nitrogens with two attached hydrogens (primary N) is 1. The molecule has 3 heteroatoms. The molecule has 0 aliphatic carbocycles. The quantitative estimate of drug-likeness (QED) is 0.758. The van der Waals surface area contributed by atoms with Gasteiger partial charge in [-0.2, -0.15) is 0 Å². The highest BCUT2D eigenvalue weighted by molar-refractivity contribution is 5.64. The third-order valence-corrected chi connectivity index (χ3v) is 2.52. The normalized spacial score (nSPS) is 13.7. The third kappa shape index (κ3) is 2.62. The van der Waals surface area contributed by atoms with E-state index < -0.39 is 0 Å². The van der Waals surface area contributed by atoms with Gasteiger partial charge in [-0.15, -0.1) is 0 Å². The smallest absolute Gasteiger partial charge is 0.0736 e. The van der Waals surface area contributed by atoms with Crippen LogP contribution in [0.5, 0.6) is 0 Å². The molecular weight excluding hydrogens is 174 g/mol. The van der Waals surface area contributed by atoms with E-state index in [0.29, 0.717) is 11.7 Å². The van der Waals surface area contributed by atoms with Crippen molar-refractivity contribution in [1.82, 2.24) is 4.98 Å². The van der Waals surface area contributed by atoms with Crippen LogP contribution in [0.1, 0.15) is 27.7 Å². The zero-order chi connectivity index (χ0) is 10.8. The van der Waals surface area contributed by atoms with E-state index in [1.54, 1.807) is 12.4 Å². The lowest BCUT2D eigenvalue weighted by molar-refractivity contribution is 0.359. The molecule has 1 aromatic heterocycles. The van der Waals surface area contributed by atoms with Gasteiger partial charge in [0, 0.05) is 12.2 Å². The molecule has 3 N–H and O–H groups in total. The van der Waals surface area contributed by atoms with Crippen LogP contribution in [0.4, 0.5) is 11.4 Å². The minimum absolute atomic E-state index is 0.218. The zero-order valence-electron chi connectivity index (χ0n) is 9.33. The first-order valence-electron chi connectivity index (χ1n) is 4.87. The van der Waals surface area contributed by atoms with Gasteiger partial charge in [0.2, 0.25) is 0 Å². The summed E-state index contributed by atoms with van der Waals surface area (Å²) in [6.07, 6.45) is 3.41. The van der Waals surface area contributed by atoms with Crippen molar-refractivity contribution in [2.45, 2.75) is 33.7 Å². The van der Waals surface area contributed by atoms with Gasteiger partial charge in [-0.05, 0) is 18.4 Å². The summed E-state index contributed by atoms with van der Waals surface area (Å²) in [5, 5.41) is 3.39. The van der Waals surface area contributed by atoms with E-state index in [-0.39, 0.29) is 5.41 Å². The Kier molecular flexibility index (Phi) is 2.99. The maximum Gasteiger partial charge on any atom is 0.0736 e. The van der Waals surface area contributed by atoms with Gasteiger partial charge in [0.1, 0.15) is 0 Å². The van der Waals surface area contributed by atoms with E-state index in [2.05, 4.69) is 38.0 Å². The summed E-state index contributed by atoms with van der Waals surface area (Å²) < 4.78 is 0. The van der Waals surface area contributed by atoms with Crippen LogP contribution in [0.25, 0.3) is 0 Å². The Labute approximate surface area is 85.7 Å². The van der Waals surface area contributed by atoms with Crippen LogP contribution in [0, 0.1) is 5.41 Å². The Morgan fingerprint density at radius 3 is 2.57 bits per heavy atom. The second-order valence-electron chi connectivity index (χ2n) is 4.69. The standard InChI is InChI=1S/C11H19N3/c1-8(11(2,3)4)14-10-5-6-13-7-9(10)12/h5-8H,12H2,1-4H3,(H,13,14). The maximum absolute atomic E-state index is 5.79. The minimum Gasteiger partial charge on any atom is -0.396 e. The number of rotatable bonds is 2. The van der Waals surface area contributed by atoms with Crippen molar-refractivity contribution < 1.29 is 0 Å². The summed E-state index contributed by atoms with van der Waals surface area (Å²) in [7, 11) is 0. The number of nitrogens with one attached hydrogen (secondary N) is 1. The maximum atomic E-state index is 5.79. The topological polar surface area (TPSA) is 50.9 Å². The Balaban J connectivity index is 2.75. The molecule has 1 heterocycles. The van der Waals surface area contributed by atoms with Gasteiger partial charge >= 0.3 is 0 Å². The number of anilines is 2. The number of nitrogens with zero attached hydrogens (tertiary/aromatic N) is 1. The predicted octanol–water partition coefficient (Wildman–Crippen LogP) is 2.51. The van der Waals surface area contributed by atoms with Gasteiger partial charge < -0.3 is 11.1 Å². The van der Waals surface area contributed by atoms with Crippen molar-refractivity contribution >= 4 is 11.4 Å². The van der Waals surface area contributed by atoms with Crippen molar-refractivity contribution in [1.29, 1.82) is 0 Å². The lowest BCUT2D eigenvalue weighted by Crippen LogP contribution is -2.31. The molecule has 0 spiro atoms. The summed E-state index contributed by atoms with van der Waals surface area (Å²) >= 11 is 0. The summed E-state index contributed by atoms with van der Waals surface area (Å²) in [6, 6.07) is 2.27. The first kappa shape index (κ1) is 10.8. The van der Waals surface area contributed by atoms with Crippen LogP contribution in [-0.4, -0.2) is 11.0 Å². The molecule has 0 aromatic carbocycles. The molecule has 1 unspecified atom stereocenters. The molecule has 0 saturated heterocycles. The highest BCUT2D eigenvalue weighted by Crippen LogP contribution is 2.24. The van der Waals surface area contributed by atoms with Crippen molar-refractivity contribution in [2.75, 3.05) is 11.1 Å². The Hall–Kier alpha value is -1.25. The SMILES string of the molecule is CC(Nc1ccncc1N)C(C)(C)C. The van der Waals surface area contributed by atoms with Gasteiger partial charge in [0.05, 0.1) is 17.6 Å². The molecule has 1 aromatic rings. The van der Waals surface area contributed by atoms with Crippen LogP contribution >= 0.6 is 0 Å². The second kappa shape index (κ2) is 3.86. The highest BCUT2D eigenvalue weighted by atomic mass is 14.9. The van der Waals surface area contributed by atoms with Gasteiger partial charge in [-0.1, -0.05) is 20.8 Å². The summed E-state index contributed by atoms with van der Waals surface area (Å²) in [6.45, 7) is 8.74. The van der Waals surface area contributed by atoms with Crippen molar-refractivity contribution in [3.05, 3.63) is 18.5 Å².